The average molecular weight is 391 g/mol. The molecular weight excluding hydrogens is 370 g/mol. The standard InChI is InChI=1S/C22H21N3O2S/c1-14-20(16-8-4-3-5-9-16)23-22(28-14)24-21(27)19-12-17-10-6-7-11-18(17)13-25(19)15(2)26/h3-11,19H,12-13H2,1-2H3,(H,23,24,27). The maximum atomic E-state index is 13.0. The number of fused-ring (bicyclic) bond motifs is 1. The summed E-state index contributed by atoms with van der Waals surface area (Å²) in [5, 5.41) is 3.49. The van der Waals surface area contributed by atoms with Gasteiger partial charge < -0.3 is 10.2 Å². The molecule has 2 heterocycles. The summed E-state index contributed by atoms with van der Waals surface area (Å²) in [4.78, 5) is 32.5. The first-order valence-electron chi connectivity index (χ1n) is 9.20. The van der Waals surface area contributed by atoms with Crippen LogP contribution in [0.3, 0.4) is 0 Å². The highest BCUT2D eigenvalue weighted by Gasteiger charge is 2.33. The SMILES string of the molecule is CC(=O)N1Cc2ccccc2CC1C(=O)Nc1nc(-c2ccccc2)c(C)s1. The van der Waals surface area contributed by atoms with Gasteiger partial charge in [0, 0.05) is 30.3 Å². The number of carbonyl (C=O) groups excluding carboxylic acids is 2. The number of amides is 2. The van der Waals surface area contributed by atoms with Crippen molar-refractivity contribution in [3.63, 3.8) is 0 Å². The predicted molar refractivity (Wildman–Crippen MR) is 111 cm³/mol. The Morgan fingerprint density at radius 2 is 1.75 bits per heavy atom. The summed E-state index contributed by atoms with van der Waals surface area (Å²) in [6, 6.07) is 17.3. The molecule has 0 saturated heterocycles. The normalized spacial score (nSPS) is 15.8. The Morgan fingerprint density at radius 1 is 1.07 bits per heavy atom. The predicted octanol–water partition coefficient (Wildman–Crippen LogP) is 4.03. The molecule has 142 valence electrons. The fraction of sp³-hybridized carbons (Fsp3) is 0.227. The van der Waals surface area contributed by atoms with Gasteiger partial charge in [-0.1, -0.05) is 54.6 Å². The van der Waals surface area contributed by atoms with Crippen molar-refractivity contribution in [2.75, 3.05) is 5.32 Å². The van der Waals surface area contributed by atoms with Gasteiger partial charge in [-0.15, -0.1) is 11.3 Å². The molecule has 2 aromatic carbocycles. The average Bonchev–Trinajstić information content (AvgIpc) is 3.07. The van der Waals surface area contributed by atoms with Crippen LogP contribution in [0.2, 0.25) is 0 Å². The quantitative estimate of drug-likeness (QED) is 0.733. The minimum atomic E-state index is -0.531. The third-order valence-corrected chi connectivity index (χ3v) is 5.92. The summed E-state index contributed by atoms with van der Waals surface area (Å²) in [5.74, 6) is -0.298. The van der Waals surface area contributed by atoms with Crippen LogP contribution in [-0.4, -0.2) is 27.7 Å². The smallest absolute Gasteiger partial charge is 0.249 e. The van der Waals surface area contributed by atoms with Crippen LogP contribution >= 0.6 is 11.3 Å². The first-order chi connectivity index (χ1) is 13.5. The molecule has 1 N–H and O–H groups in total. The number of nitrogens with one attached hydrogen (secondary N) is 1. The van der Waals surface area contributed by atoms with Crippen LogP contribution in [0, 0.1) is 6.92 Å². The Hall–Kier alpha value is -2.99. The van der Waals surface area contributed by atoms with Crippen LogP contribution in [0.5, 0.6) is 0 Å². The van der Waals surface area contributed by atoms with Gasteiger partial charge in [-0.05, 0) is 18.1 Å². The van der Waals surface area contributed by atoms with E-state index in [0.29, 0.717) is 18.1 Å². The summed E-state index contributed by atoms with van der Waals surface area (Å²) in [7, 11) is 0. The fourth-order valence-electron chi connectivity index (χ4n) is 3.59. The summed E-state index contributed by atoms with van der Waals surface area (Å²) >= 11 is 1.45. The summed E-state index contributed by atoms with van der Waals surface area (Å²) in [6.45, 7) is 3.96. The van der Waals surface area contributed by atoms with E-state index in [2.05, 4.69) is 10.3 Å². The zero-order valence-corrected chi connectivity index (χ0v) is 16.6. The fourth-order valence-corrected chi connectivity index (χ4v) is 4.43. The lowest BCUT2D eigenvalue weighted by molar-refractivity contribution is -0.138. The molecule has 1 aromatic heterocycles. The molecule has 0 fully saturated rings. The number of nitrogens with zero attached hydrogens (tertiary/aromatic N) is 2. The third kappa shape index (κ3) is 3.55. The second kappa shape index (κ2) is 7.56. The largest absolute Gasteiger partial charge is 0.326 e. The Bertz CT molecular complexity index is 1030. The van der Waals surface area contributed by atoms with Crippen molar-refractivity contribution in [3.05, 3.63) is 70.6 Å². The first-order valence-corrected chi connectivity index (χ1v) is 10.0. The van der Waals surface area contributed by atoms with Crippen LogP contribution in [0.25, 0.3) is 11.3 Å². The maximum Gasteiger partial charge on any atom is 0.249 e. The van der Waals surface area contributed by atoms with Crippen molar-refractivity contribution in [2.24, 2.45) is 0 Å². The lowest BCUT2D eigenvalue weighted by atomic mass is 9.93. The Labute approximate surface area is 168 Å². The number of aromatic nitrogens is 1. The van der Waals surface area contributed by atoms with E-state index in [1.54, 1.807) is 4.90 Å². The number of benzene rings is 2. The summed E-state index contributed by atoms with van der Waals surface area (Å²) < 4.78 is 0. The highest BCUT2D eigenvalue weighted by molar-refractivity contribution is 7.16. The van der Waals surface area contributed by atoms with Crippen LogP contribution in [0.1, 0.15) is 22.9 Å². The number of anilines is 1. The molecule has 6 heteroatoms. The van der Waals surface area contributed by atoms with Crippen LogP contribution in [-0.2, 0) is 22.6 Å². The van der Waals surface area contributed by atoms with Gasteiger partial charge in [0.05, 0.1) is 5.69 Å². The molecule has 1 unspecified atom stereocenters. The van der Waals surface area contributed by atoms with E-state index >= 15 is 0 Å². The van der Waals surface area contributed by atoms with E-state index in [1.807, 2.05) is 61.5 Å². The van der Waals surface area contributed by atoms with Crippen LogP contribution < -0.4 is 5.32 Å². The topological polar surface area (TPSA) is 62.3 Å². The van der Waals surface area contributed by atoms with Gasteiger partial charge in [0.25, 0.3) is 0 Å². The summed E-state index contributed by atoms with van der Waals surface area (Å²) in [5.41, 5.74) is 4.10. The van der Waals surface area contributed by atoms with Crippen molar-refractivity contribution >= 4 is 28.3 Å². The maximum absolute atomic E-state index is 13.0. The van der Waals surface area contributed by atoms with Crippen molar-refractivity contribution in [2.45, 2.75) is 32.9 Å². The zero-order valence-electron chi connectivity index (χ0n) is 15.8. The molecule has 1 atom stereocenters. The second-order valence-corrected chi connectivity index (χ2v) is 8.12. The Morgan fingerprint density at radius 3 is 2.46 bits per heavy atom. The second-order valence-electron chi connectivity index (χ2n) is 6.91. The number of rotatable bonds is 3. The zero-order chi connectivity index (χ0) is 19.7. The molecule has 0 aliphatic carbocycles. The lowest BCUT2D eigenvalue weighted by Gasteiger charge is -2.35. The van der Waals surface area contributed by atoms with E-state index in [1.165, 1.54) is 18.3 Å². The van der Waals surface area contributed by atoms with Gasteiger partial charge in [-0.3, -0.25) is 9.59 Å². The Balaban J connectivity index is 1.57. The molecular formula is C22H21N3O2S. The molecule has 2 amide bonds. The van der Waals surface area contributed by atoms with E-state index in [4.69, 9.17) is 0 Å². The lowest BCUT2D eigenvalue weighted by Crippen LogP contribution is -2.49. The van der Waals surface area contributed by atoms with Crippen molar-refractivity contribution in [1.82, 2.24) is 9.88 Å². The van der Waals surface area contributed by atoms with Gasteiger partial charge in [-0.2, -0.15) is 0 Å². The number of hydrogen-bond donors (Lipinski definition) is 1. The van der Waals surface area contributed by atoms with Crippen molar-refractivity contribution < 1.29 is 9.59 Å². The molecule has 1 aliphatic rings. The van der Waals surface area contributed by atoms with Gasteiger partial charge in [0.15, 0.2) is 5.13 Å². The molecule has 3 aromatic rings. The molecule has 5 nitrogen and oxygen atoms in total. The van der Waals surface area contributed by atoms with Crippen molar-refractivity contribution in [1.29, 1.82) is 0 Å². The minimum absolute atomic E-state index is 0.102. The van der Waals surface area contributed by atoms with E-state index in [9.17, 15) is 9.59 Å². The van der Waals surface area contributed by atoms with Crippen LogP contribution in [0.4, 0.5) is 5.13 Å². The number of hydrogen-bond acceptors (Lipinski definition) is 4. The minimum Gasteiger partial charge on any atom is -0.326 e. The molecule has 4 rings (SSSR count). The summed E-state index contributed by atoms with van der Waals surface area (Å²) in [6.07, 6.45) is 0.511. The molecule has 1 aliphatic heterocycles. The molecule has 0 spiro atoms. The first kappa shape index (κ1) is 18.4. The molecule has 0 saturated carbocycles. The van der Waals surface area contributed by atoms with Gasteiger partial charge in [0.2, 0.25) is 11.8 Å². The molecule has 0 radical (unpaired) electrons. The monoisotopic (exact) mass is 391 g/mol. The van der Waals surface area contributed by atoms with E-state index < -0.39 is 6.04 Å². The van der Waals surface area contributed by atoms with E-state index in [0.717, 1.165) is 27.3 Å². The Kier molecular flexibility index (Phi) is 4.96. The van der Waals surface area contributed by atoms with Gasteiger partial charge in [-0.25, -0.2) is 4.98 Å². The van der Waals surface area contributed by atoms with Gasteiger partial charge >= 0.3 is 0 Å². The molecule has 0 bridgehead atoms. The third-order valence-electron chi connectivity index (χ3n) is 5.03. The number of thiazole rings is 1. The highest BCUT2D eigenvalue weighted by Crippen LogP contribution is 2.31. The van der Waals surface area contributed by atoms with Gasteiger partial charge in [0.1, 0.15) is 6.04 Å². The van der Waals surface area contributed by atoms with Crippen molar-refractivity contribution in [3.8, 4) is 11.3 Å². The number of aryl methyl sites for hydroxylation is 1. The highest BCUT2D eigenvalue weighted by atomic mass is 32.1. The molecule has 28 heavy (non-hydrogen) atoms. The van der Waals surface area contributed by atoms with Crippen LogP contribution in [0.15, 0.2) is 54.6 Å². The van der Waals surface area contributed by atoms with E-state index in [-0.39, 0.29) is 11.8 Å². The number of carbonyl (C=O) groups is 2.